The summed E-state index contributed by atoms with van der Waals surface area (Å²) in [5.41, 5.74) is -1.49. The van der Waals surface area contributed by atoms with Crippen molar-refractivity contribution in [3.8, 4) is 0 Å². The molecular weight excluding hydrogens is 912 g/mol. The third-order valence-electron chi connectivity index (χ3n) is 13.4. The standard InChI is InChI=1S/C23H32BrNO5.C23H30BrNO5.CH4.H2/c2*1-16(2)11-25-14-21(10-17-4-6-18(24)7-5-17)12-23(29-8-9-30-23)13-22(15-25,19(21)26)20(27)28-3;;/h4-7,16,19,26H,8-15H2,1-3H3;4-7,16H,8-15H2,1-3H3;1H4;1H/i;;;1+1. The van der Waals surface area contributed by atoms with Gasteiger partial charge in [0.2, 0.25) is 0 Å². The first-order valence-electron chi connectivity index (χ1n) is 21.3. The molecule has 0 radical (unpaired) electrons. The molecule has 1 N–H and O–H groups in total. The van der Waals surface area contributed by atoms with Gasteiger partial charge < -0.3 is 43.3 Å². The smallest absolute Gasteiger partial charge is 0.320 e. The topological polar surface area (TPSA) is 133 Å². The highest BCUT2D eigenvalue weighted by atomic mass is 79.9. The maximum absolute atomic E-state index is 14.0. The SMILES string of the molecule is C.COC(=O)C12CN(CC(C)C)CC(Cc3ccc(Br)cc3)(CC3(C1)OCCO3)C2=O.COC(=O)C12CN(CC(C)C)CC(Cc3ccc(Br)cc3)(CC3(C1)OCCO3)C2O.[2HH]. The second kappa shape index (κ2) is 18.7. The van der Waals surface area contributed by atoms with Gasteiger partial charge in [-0.25, -0.2) is 0 Å². The zero-order valence-electron chi connectivity index (χ0n) is 35.9. The summed E-state index contributed by atoms with van der Waals surface area (Å²) in [6.07, 6.45) is 1.92. The molecule has 6 aliphatic rings. The summed E-state index contributed by atoms with van der Waals surface area (Å²) in [6, 6.07) is 16.2. The van der Waals surface area contributed by atoms with Crippen LogP contribution in [0.5, 0.6) is 0 Å². The number of benzene rings is 2. The van der Waals surface area contributed by atoms with E-state index in [1.807, 2.05) is 36.4 Å². The summed E-state index contributed by atoms with van der Waals surface area (Å²) >= 11 is 6.98. The largest absolute Gasteiger partial charge is 0.468 e. The minimum Gasteiger partial charge on any atom is -0.468 e. The molecule has 2 saturated carbocycles. The number of halogens is 2. The van der Waals surface area contributed by atoms with Crippen LogP contribution >= 0.6 is 31.9 Å². The minimum atomic E-state index is -1.26. The lowest BCUT2D eigenvalue weighted by Gasteiger charge is -2.61. The van der Waals surface area contributed by atoms with Gasteiger partial charge in [0.25, 0.3) is 0 Å². The molecule has 0 amide bonds. The number of Topliss-reactive ketones (excluding diaryl/α,β-unsaturated/α-hetero) is 1. The van der Waals surface area contributed by atoms with E-state index in [0.717, 1.165) is 33.2 Å². The van der Waals surface area contributed by atoms with Gasteiger partial charge in [-0.15, -0.1) is 0 Å². The van der Waals surface area contributed by atoms with Gasteiger partial charge in [0.05, 0.1) is 52.2 Å². The Kier molecular flexibility index (Phi) is 14.8. The number of ketones is 1. The zero-order chi connectivity index (χ0) is 43.1. The molecule has 2 aromatic carbocycles. The van der Waals surface area contributed by atoms with Gasteiger partial charge in [-0.1, -0.05) is 91.2 Å². The first-order chi connectivity index (χ1) is 28.4. The number of esters is 2. The van der Waals surface area contributed by atoms with Crippen LogP contribution in [0, 0.1) is 33.5 Å². The lowest BCUT2D eigenvalue weighted by Crippen LogP contribution is -2.72. The molecule has 4 heterocycles. The number of aliphatic hydroxyl groups is 1. The monoisotopic (exact) mass is 979 g/mol. The summed E-state index contributed by atoms with van der Waals surface area (Å²) < 4.78 is 36.9. The third-order valence-corrected chi connectivity index (χ3v) is 14.5. The molecule has 0 aromatic heterocycles. The Labute approximate surface area is 380 Å². The predicted octanol–water partition coefficient (Wildman–Crippen LogP) is 7.10. The molecule has 5 atom stereocenters. The van der Waals surface area contributed by atoms with Gasteiger partial charge in [-0.2, -0.15) is 0 Å². The fourth-order valence-corrected chi connectivity index (χ4v) is 12.4. The van der Waals surface area contributed by atoms with Crippen LogP contribution in [0.3, 0.4) is 0 Å². The van der Waals surface area contributed by atoms with E-state index >= 15 is 0 Å². The molecule has 2 aliphatic carbocycles. The molecule has 2 aromatic rings. The summed E-state index contributed by atoms with van der Waals surface area (Å²) in [7, 11) is 2.76. The van der Waals surface area contributed by atoms with Crippen molar-refractivity contribution in [2.75, 3.05) is 79.9 Å². The van der Waals surface area contributed by atoms with Gasteiger partial charge in [0.15, 0.2) is 17.4 Å². The van der Waals surface area contributed by atoms with Crippen LogP contribution in [0.15, 0.2) is 57.5 Å². The predicted molar refractivity (Wildman–Crippen MR) is 240 cm³/mol. The molecule has 4 saturated heterocycles. The number of carbonyl (C=O) groups is 3. The average molecular weight is 982 g/mol. The number of hydrogen-bond acceptors (Lipinski definition) is 12. The summed E-state index contributed by atoms with van der Waals surface area (Å²) in [5, 5.41) is 11.8. The number of aliphatic hydroxyl groups excluding tert-OH is 1. The summed E-state index contributed by atoms with van der Waals surface area (Å²) in [5.74, 6) is -1.73. The van der Waals surface area contributed by atoms with Crippen molar-refractivity contribution < 1.29 is 49.3 Å². The molecule has 4 aliphatic heterocycles. The highest BCUT2D eigenvalue weighted by Gasteiger charge is 2.71. The van der Waals surface area contributed by atoms with Crippen molar-refractivity contribution in [2.24, 2.45) is 33.5 Å². The van der Waals surface area contributed by atoms with Crippen molar-refractivity contribution in [1.82, 2.24) is 9.80 Å². The van der Waals surface area contributed by atoms with Gasteiger partial charge >= 0.3 is 11.9 Å². The minimum absolute atomic E-state index is 0. The molecule has 14 heteroatoms. The Hall–Kier alpha value is -2.27. The van der Waals surface area contributed by atoms with Crippen LogP contribution in [-0.4, -0.2) is 130 Å². The normalized spacial score (nSPS) is 31.5. The maximum Gasteiger partial charge on any atom is 0.320 e. The highest BCUT2D eigenvalue weighted by Crippen LogP contribution is 2.59. The van der Waals surface area contributed by atoms with Crippen LogP contribution in [0.4, 0.5) is 0 Å². The van der Waals surface area contributed by atoms with Crippen molar-refractivity contribution in [3.63, 3.8) is 0 Å². The number of ether oxygens (including phenoxy) is 6. The molecule has 12 nitrogen and oxygen atoms in total. The lowest BCUT2D eigenvalue weighted by molar-refractivity contribution is -0.286. The maximum atomic E-state index is 14.0. The van der Waals surface area contributed by atoms with Crippen LogP contribution in [0.25, 0.3) is 0 Å². The van der Waals surface area contributed by atoms with Crippen LogP contribution < -0.4 is 0 Å². The van der Waals surface area contributed by atoms with E-state index in [1.54, 1.807) is 0 Å². The number of methoxy groups -OCH3 is 2. The van der Waals surface area contributed by atoms with Gasteiger partial charge in [-0.05, 0) is 60.1 Å². The number of piperidine rings is 2. The van der Waals surface area contributed by atoms with E-state index < -0.39 is 45.3 Å². The number of nitrogens with zero attached hydrogens (tertiary/aromatic N) is 2. The van der Waals surface area contributed by atoms with Crippen molar-refractivity contribution in [2.45, 2.75) is 91.3 Å². The van der Waals surface area contributed by atoms with Crippen molar-refractivity contribution >= 4 is 49.6 Å². The second-order valence-corrected chi connectivity index (χ2v) is 21.1. The van der Waals surface area contributed by atoms with Gasteiger partial charge in [-0.3, -0.25) is 14.4 Å². The molecule has 6 fully saturated rings. The first kappa shape index (κ1) is 48.2. The molecule has 8 rings (SSSR count). The number of rotatable bonds is 10. The Morgan fingerprint density at radius 1 is 0.705 bits per heavy atom. The van der Waals surface area contributed by atoms with E-state index in [-0.39, 0.29) is 27.0 Å². The quantitative estimate of drug-likeness (QED) is 0.192. The van der Waals surface area contributed by atoms with Crippen LogP contribution in [-0.2, 0) is 55.6 Å². The van der Waals surface area contributed by atoms with E-state index in [9.17, 15) is 19.5 Å². The van der Waals surface area contributed by atoms with Crippen LogP contribution in [0.2, 0.25) is 0 Å². The average Bonchev–Trinajstić information content (AvgIpc) is 3.84. The number of carbonyl (C=O) groups excluding carboxylic acids is 3. The third kappa shape index (κ3) is 9.45. The molecule has 4 bridgehead atoms. The fourth-order valence-electron chi connectivity index (χ4n) is 11.9. The molecule has 61 heavy (non-hydrogen) atoms. The highest BCUT2D eigenvalue weighted by molar-refractivity contribution is 9.10. The fraction of sp³-hybridized carbons (Fsp3) is 0.681. The molecule has 5 unspecified atom stereocenters. The van der Waals surface area contributed by atoms with Crippen molar-refractivity contribution in [3.05, 3.63) is 68.6 Å². The van der Waals surface area contributed by atoms with Gasteiger partial charge in [0, 0.05) is 80.7 Å². The van der Waals surface area contributed by atoms with Crippen LogP contribution in [0.1, 0.15) is 73.4 Å². The molecule has 340 valence electrons. The van der Waals surface area contributed by atoms with E-state index in [2.05, 4.69) is 81.5 Å². The number of fused-ring (bicyclic) bond motifs is 4. The van der Waals surface area contributed by atoms with Crippen molar-refractivity contribution in [1.29, 1.82) is 0 Å². The summed E-state index contributed by atoms with van der Waals surface area (Å²) in [6.45, 7) is 14.4. The Balaban J connectivity index is 0.000000227. The Morgan fingerprint density at radius 2 is 1.18 bits per heavy atom. The molecule has 2 spiro atoms. The van der Waals surface area contributed by atoms with E-state index in [1.165, 1.54) is 14.2 Å². The zero-order valence-corrected chi connectivity index (χ0v) is 39.1. The molecular formula is C47H68Br2N2O10. The number of likely N-dealkylation sites (tertiary alicyclic amines) is 2. The van der Waals surface area contributed by atoms with E-state index in [4.69, 9.17) is 28.4 Å². The lowest BCUT2D eigenvalue weighted by atomic mass is 9.53. The Morgan fingerprint density at radius 3 is 1.67 bits per heavy atom. The van der Waals surface area contributed by atoms with Gasteiger partial charge in [0.1, 0.15) is 10.8 Å². The number of hydrogen-bond donors (Lipinski definition) is 1. The Bertz CT molecular complexity index is 1870. The first-order valence-corrected chi connectivity index (χ1v) is 22.9. The van der Waals surface area contributed by atoms with E-state index in [0.29, 0.717) is 96.5 Å². The summed E-state index contributed by atoms with van der Waals surface area (Å²) in [4.78, 5) is 45.0. The second-order valence-electron chi connectivity index (χ2n) is 19.3.